The molecular formula is C16H27NO2. The van der Waals surface area contributed by atoms with Crippen molar-refractivity contribution in [2.75, 3.05) is 20.3 Å². The Bertz CT molecular complexity index is 353. The van der Waals surface area contributed by atoms with E-state index in [0.717, 1.165) is 50.3 Å². The second kappa shape index (κ2) is 8.05. The molecule has 0 fully saturated rings. The Hall–Kier alpha value is -1.22. The Balaban J connectivity index is 2.37. The van der Waals surface area contributed by atoms with Gasteiger partial charge in [-0.2, -0.15) is 0 Å². The molecular weight excluding hydrogens is 238 g/mol. The van der Waals surface area contributed by atoms with E-state index in [1.54, 1.807) is 7.11 Å². The van der Waals surface area contributed by atoms with Crippen LogP contribution in [0.25, 0.3) is 0 Å². The Morgan fingerprint density at radius 2 is 1.84 bits per heavy atom. The van der Waals surface area contributed by atoms with Gasteiger partial charge < -0.3 is 15.2 Å². The minimum absolute atomic E-state index is 0.289. The number of hydrogen-bond acceptors (Lipinski definition) is 3. The van der Waals surface area contributed by atoms with Crippen LogP contribution in [-0.4, -0.2) is 20.3 Å². The fourth-order valence-electron chi connectivity index (χ4n) is 2.32. The van der Waals surface area contributed by atoms with Crippen molar-refractivity contribution in [3.63, 3.8) is 0 Å². The SMILES string of the molecule is CCC(CC)(CN)CCCOc1cccc(OC)c1. The summed E-state index contributed by atoms with van der Waals surface area (Å²) in [6.07, 6.45) is 4.44. The van der Waals surface area contributed by atoms with Crippen molar-refractivity contribution in [2.45, 2.75) is 39.5 Å². The second-order valence-electron chi connectivity index (χ2n) is 5.04. The number of ether oxygens (including phenoxy) is 2. The maximum absolute atomic E-state index is 5.90. The fraction of sp³-hybridized carbons (Fsp3) is 0.625. The molecule has 1 rings (SSSR count). The highest BCUT2D eigenvalue weighted by Gasteiger charge is 2.23. The molecule has 0 saturated heterocycles. The van der Waals surface area contributed by atoms with E-state index >= 15 is 0 Å². The lowest BCUT2D eigenvalue weighted by molar-refractivity contribution is 0.213. The van der Waals surface area contributed by atoms with Gasteiger partial charge >= 0.3 is 0 Å². The molecule has 3 nitrogen and oxygen atoms in total. The van der Waals surface area contributed by atoms with Gasteiger partial charge in [-0.1, -0.05) is 19.9 Å². The molecule has 0 amide bonds. The van der Waals surface area contributed by atoms with Crippen LogP contribution in [0.2, 0.25) is 0 Å². The summed E-state index contributed by atoms with van der Waals surface area (Å²) in [4.78, 5) is 0. The van der Waals surface area contributed by atoms with Gasteiger partial charge in [0.25, 0.3) is 0 Å². The van der Waals surface area contributed by atoms with Gasteiger partial charge in [-0.15, -0.1) is 0 Å². The standard InChI is InChI=1S/C16H27NO2/c1-4-16(5-2,13-17)10-7-11-19-15-9-6-8-14(12-15)18-3/h6,8-9,12H,4-5,7,10-11,13,17H2,1-3H3. The van der Waals surface area contributed by atoms with Crippen molar-refractivity contribution in [3.05, 3.63) is 24.3 Å². The molecule has 0 unspecified atom stereocenters. The molecule has 1 aromatic carbocycles. The molecule has 0 saturated carbocycles. The average molecular weight is 265 g/mol. The molecule has 0 heterocycles. The normalized spacial score (nSPS) is 11.4. The Labute approximate surface area is 117 Å². The third kappa shape index (κ3) is 4.75. The highest BCUT2D eigenvalue weighted by atomic mass is 16.5. The Kier molecular flexibility index (Phi) is 6.71. The van der Waals surface area contributed by atoms with E-state index in [1.165, 1.54) is 0 Å². The monoisotopic (exact) mass is 265 g/mol. The molecule has 0 aliphatic carbocycles. The molecule has 0 aliphatic rings. The van der Waals surface area contributed by atoms with Crippen LogP contribution in [0.4, 0.5) is 0 Å². The molecule has 0 atom stereocenters. The predicted octanol–water partition coefficient (Wildman–Crippen LogP) is 3.62. The number of hydrogen-bond donors (Lipinski definition) is 1. The van der Waals surface area contributed by atoms with Gasteiger partial charge in [0, 0.05) is 6.07 Å². The topological polar surface area (TPSA) is 44.5 Å². The molecule has 0 aromatic heterocycles. The van der Waals surface area contributed by atoms with Gasteiger partial charge in [0.1, 0.15) is 11.5 Å². The van der Waals surface area contributed by atoms with Crippen LogP contribution in [0.15, 0.2) is 24.3 Å². The third-order valence-electron chi connectivity index (χ3n) is 4.09. The molecule has 2 N–H and O–H groups in total. The minimum atomic E-state index is 0.289. The maximum atomic E-state index is 5.90. The summed E-state index contributed by atoms with van der Waals surface area (Å²) in [5, 5.41) is 0. The fourth-order valence-corrected chi connectivity index (χ4v) is 2.32. The van der Waals surface area contributed by atoms with Crippen molar-refractivity contribution in [2.24, 2.45) is 11.1 Å². The number of nitrogens with two attached hydrogens (primary N) is 1. The van der Waals surface area contributed by atoms with E-state index in [9.17, 15) is 0 Å². The van der Waals surface area contributed by atoms with Crippen molar-refractivity contribution in [1.29, 1.82) is 0 Å². The summed E-state index contributed by atoms with van der Waals surface area (Å²) in [5.41, 5.74) is 6.19. The Morgan fingerprint density at radius 3 is 2.42 bits per heavy atom. The molecule has 0 aliphatic heterocycles. The van der Waals surface area contributed by atoms with Gasteiger partial charge in [-0.3, -0.25) is 0 Å². The largest absolute Gasteiger partial charge is 0.497 e. The van der Waals surface area contributed by atoms with Crippen molar-refractivity contribution in [3.8, 4) is 11.5 Å². The minimum Gasteiger partial charge on any atom is -0.497 e. The highest BCUT2D eigenvalue weighted by Crippen LogP contribution is 2.30. The summed E-state index contributed by atoms with van der Waals surface area (Å²) in [6, 6.07) is 7.73. The predicted molar refractivity (Wildman–Crippen MR) is 79.8 cm³/mol. The first-order valence-corrected chi connectivity index (χ1v) is 7.16. The first kappa shape index (κ1) is 15.8. The van der Waals surface area contributed by atoms with Gasteiger partial charge in [-0.05, 0) is 49.8 Å². The molecule has 1 aromatic rings. The summed E-state index contributed by atoms with van der Waals surface area (Å²) in [5.74, 6) is 1.70. The van der Waals surface area contributed by atoms with Gasteiger partial charge in [0.15, 0.2) is 0 Å². The lowest BCUT2D eigenvalue weighted by Gasteiger charge is -2.30. The summed E-state index contributed by atoms with van der Waals surface area (Å²) >= 11 is 0. The lowest BCUT2D eigenvalue weighted by atomic mass is 9.78. The van der Waals surface area contributed by atoms with E-state index in [1.807, 2.05) is 24.3 Å². The van der Waals surface area contributed by atoms with Crippen molar-refractivity contribution in [1.82, 2.24) is 0 Å². The summed E-state index contributed by atoms with van der Waals surface area (Å²) in [7, 11) is 1.66. The molecule has 0 radical (unpaired) electrons. The number of methoxy groups -OCH3 is 1. The van der Waals surface area contributed by atoms with Gasteiger partial charge in [-0.25, -0.2) is 0 Å². The van der Waals surface area contributed by atoms with Gasteiger partial charge in [0.05, 0.1) is 13.7 Å². The third-order valence-corrected chi connectivity index (χ3v) is 4.09. The first-order valence-electron chi connectivity index (χ1n) is 7.16. The average Bonchev–Trinajstić information content (AvgIpc) is 2.48. The van der Waals surface area contributed by atoms with Crippen LogP contribution >= 0.6 is 0 Å². The van der Waals surface area contributed by atoms with Crippen LogP contribution in [-0.2, 0) is 0 Å². The number of benzene rings is 1. The highest BCUT2D eigenvalue weighted by molar-refractivity contribution is 5.32. The summed E-state index contributed by atoms with van der Waals surface area (Å²) < 4.78 is 10.9. The van der Waals surface area contributed by atoms with Crippen LogP contribution in [0.5, 0.6) is 11.5 Å². The van der Waals surface area contributed by atoms with Crippen LogP contribution < -0.4 is 15.2 Å². The summed E-state index contributed by atoms with van der Waals surface area (Å²) in [6.45, 7) is 5.94. The smallest absolute Gasteiger partial charge is 0.122 e. The first-order chi connectivity index (χ1) is 9.19. The van der Waals surface area contributed by atoms with E-state index in [4.69, 9.17) is 15.2 Å². The van der Waals surface area contributed by atoms with Crippen molar-refractivity contribution >= 4 is 0 Å². The van der Waals surface area contributed by atoms with Crippen LogP contribution in [0.1, 0.15) is 39.5 Å². The van der Waals surface area contributed by atoms with Gasteiger partial charge in [0.2, 0.25) is 0 Å². The molecule has 0 spiro atoms. The van der Waals surface area contributed by atoms with E-state index in [2.05, 4.69) is 13.8 Å². The molecule has 0 bridgehead atoms. The molecule has 19 heavy (non-hydrogen) atoms. The number of rotatable bonds is 9. The lowest BCUT2D eigenvalue weighted by Crippen LogP contribution is -2.29. The van der Waals surface area contributed by atoms with E-state index < -0.39 is 0 Å². The van der Waals surface area contributed by atoms with Crippen LogP contribution in [0, 0.1) is 5.41 Å². The van der Waals surface area contributed by atoms with E-state index in [0.29, 0.717) is 0 Å². The van der Waals surface area contributed by atoms with E-state index in [-0.39, 0.29) is 5.41 Å². The zero-order chi connectivity index (χ0) is 14.1. The quantitative estimate of drug-likeness (QED) is 0.694. The second-order valence-corrected chi connectivity index (χ2v) is 5.04. The van der Waals surface area contributed by atoms with Crippen molar-refractivity contribution < 1.29 is 9.47 Å². The Morgan fingerprint density at radius 1 is 1.16 bits per heavy atom. The zero-order valence-corrected chi connectivity index (χ0v) is 12.4. The zero-order valence-electron chi connectivity index (χ0n) is 12.4. The molecule has 3 heteroatoms. The maximum Gasteiger partial charge on any atom is 0.122 e. The van der Waals surface area contributed by atoms with Crippen LogP contribution in [0.3, 0.4) is 0 Å². The molecule has 108 valence electrons.